The minimum atomic E-state index is -6.22. The van der Waals surface area contributed by atoms with Crippen LogP contribution in [0.1, 0.15) is 19.3 Å². The lowest BCUT2D eigenvalue weighted by molar-refractivity contribution is -0.430. The maximum Gasteiger partial charge on any atom is 0.458 e. The van der Waals surface area contributed by atoms with E-state index in [1.807, 2.05) is 0 Å². The Morgan fingerprint density at radius 2 is 1.27 bits per heavy atom. The van der Waals surface area contributed by atoms with E-state index in [0.29, 0.717) is 0 Å². The molecule has 0 amide bonds. The quantitative estimate of drug-likeness (QED) is 0.153. The monoisotopic (exact) mass is 398 g/mol. The molecule has 0 unspecified atom stereocenters. The molecule has 0 saturated heterocycles. The molecular formula is C15H21F7O4. The minimum Gasteiger partial charge on any atom is -0.516 e. The SMILES string of the molecule is C=C.C=CC(=O)OCCCCCOC(F)(C(F)(F)F)C(F)(F)F.C=CO. The Labute approximate surface area is 146 Å². The van der Waals surface area contributed by atoms with Gasteiger partial charge in [0.25, 0.3) is 0 Å². The van der Waals surface area contributed by atoms with Crippen molar-refractivity contribution >= 4 is 5.97 Å². The van der Waals surface area contributed by atoms with E-state index in [4.69, 9.17) is 5.11 Å². The highest BCUT2D eigenvalue weighted by atomic mass is 19.4. The Hall–Kier alpha value is -2.04. The second kappa shape index (κ2) is 14.2. The summed E-state index contributed by atoms with van der Waals surface area (Å²) >= 11 is 0. The molecule has 0 saturated carbocycles. The lowest BCUT2D eigenvalue weighted by Gasteiger charge is -2.29. The molecule has 0 bridgehead atoms. The molecular weight excluding hydrogens is 377 g/mol. The Balaban J connectivity index is -0.000000950. The van der Waals surface area contributed by atoms with E-state index in [0.717, 1.165) is 12.3 Å². The number of esters is 1. The van der Waals surface area contributed by atoms with Crippen LogP contribution in [0.3, 0.4) is 0 Å². The van der Waals surface area contributed by atoms with Gasteiger partial charge < -0.3 is 14.6 Å². The summed E-state index contributed by atoms with van der Waals surface area (Å²) in [6, 6.07) is 0. The number of rotatable bonds is 8. The second-order valence-corrected chi connectivity index (χ2v) is 4.05. The Bertz CT molecular complexity index is 392. The van der Waals surface area contributed by atoms with Gasteiger partial charge in [-0.15, -0.1) is 13.2 Å². The van der Waals surface area contributed by atoms with Crippen LogP contribution in [-0.4, -0.2) is 42.5 Å². The number of halogens is 7. The van der Waals surface area contributed by atoms with Crippen LogP contribution < -0.4 is 0 Å². The van der Waals surface area contributed by atoms with Crippen molar-refractivity contribution in [3.05, 3.63) is 38.7 Å². The predicted octanol–water partition coefficient (Wildman–Crippen LogP) is 5.18. The highest BCUT2D eigenvalue weighted by molar-refractivity contribution is 5.81. The van der Waals surface area contributed by atoms with Crippen LogP contribution in [0.4, 0.5) is 30.7 Å². The largest absolute Gasteiger partial charge is 0.516 e. The summed E-state index contributed by atoms with van der Waals surface area (Å²) in [5.74, 6) is -6.39. The molecule has 0 aromatic heterocycles. The van der Waals surface area contributed by atoms with Gasteiger partial charge >= 0.3 is 24.2 Å². The maximum absolute atomic E-state index is 13.0. The van der Waals surface area contributed by atoms with Gasteiger partial charge in [0.2, 0.25) is 0 Å². The molecule has 1 N–H and O–H groups in total. The van der Waals surface area contributed by atoms with Crippen LogP contribution >= 0.6 is 0 Å². The molecule has 11 heteroatoms. The van der Waals surface area contributed by atoms with E-state index >= 15 is 0 Å². The standard InChI is InChI=1S/C11H13F7O3.C2H4O.C2H4/c1-2-8(19)20-6-4-3-5-7-21-9(12,10(13,14)15)11(16,17)18;1-2-3;1-2/h2H,1,3-7H2;2-3H,1H2;1-2H2. The Morgan fingerprint density at radius 3 is 1.62 bits per heavy atom. The van der Waals surface area contributed by atoms with Crippen molar-refractivity contribution in [1.82, 2.24) is 0 Å². The van der Waals surface area contributed by atoms with Crippen LogP contribution in [0.25, 0.3) is 0 Å². The van der Waals surface area contributed by atoms with E-state index in [9.17, 15) is 35.5 Å². The average molecular weight is 398 g/mol. The third kappa shape index (κ3) is 11.5. The second-order valence-electron chi connectivity index (χ2n) is 4.05. The smallest absolute Gasteiger partial charge is 0.458 e. The highest BCUT2D eigenvalue weighted by Crippen LogP contribution is 2.46. The van der Waals surface area contributed by atoms with Crippen molar-refractivity contribution in [3.63, 3.8) is 0 Å². The highest BCUT2D eigenvalue weighted by Gasteiger charge is 2.74. The van der Waals surface area contributed by atoms with Gasteiger partial charge in [-0.3, -0.25) is 0 Å². The van der Waals surface area contributed by atoms with Crippen LogP contribution in [0.5, 0.6) is 0 Å². The molecule has 0 atom stereocenters. The van der Waals surface area contributed by atoms with Crippen molar-refractivity contribution in [2.45, 2.75) is 37.5 Å². The summed E-state index contributed by atoms with van der Waals surface area (Å²) in [7, 11) is 0. The maximum atomic E-state index is 13.0. The number of carbonyl (C=O) groups excluding carboxylic acids is 1. The Morgan fingerprint density at radius 1 is 0.885 bits per heavy atom. The predicted molar refractivity (Wildman–Crippen MR) is 81.0 cm³/mol. The summed E-state index contributed by atoms with van der Waals surface area (Å²) < 4.78 is 93.3. The molecule has 26 heavy (non-hydrogen) atoms. The van der Waals surface area contributed by atoms with E-state index in [2.05, 4.69) is 35.8 Å². The number of hydrogen-bond donors (Lipinski definition) is 1. The van der Waals surface area contributed by atoms with Gasteiger partial charge in [-0.05, 0) is 19.3 Å². The Kier molecular flexibility index (Phi) is 15.7. The number of alkyl halides is 7. The van der Waals surface area contributed by atoms with Crippen molar-refractivity contribution in [1.29, 1.82) is 0 Å². The van der Waals surface area contributed by atoms with Crippen molar-refractivity contribution in [2.75, 3.05) is 13.2 Å². The molecule has 0 aromatic rings. The number of aliphatic hydroxyl groups is 1. The van der Waals surface area contributed by atoms with E-state index in [1.165, 1.54) is 0 Å². The van der Waals surface area contributed by atoms with Crippen LogP contribution in [0, 0.1) is 0 Å². The fourth-order valence-corrected chi connectivity index (χ4v) is 1.15. The summed E-state index contributed by atoms with van der Waals surface area (Å²) in [5, 5.41) is 7.33. The van der Waals surface area contributed by atoms with E-state index < -0.39 is 30.8 Å². The molecule has 0 fully saturated rings. The van der Waals surface area contributed by atoms with Gasteiger partial charge in [-0.2, -0.15) is 30.7 Å². The minimum absolute atomic E-state index is 0.0792. The van der Waals surface area contributed by atoms with Crippen molar-refractivity contribution < 1.29 is 50.1 Å². The number of unbranched alkanes of at least 4 members (excludes halogenated alkanes) is 2. The first-order valence-corrected chi connectivity index (χ1v) is 6.88. The zero-order valence-corrected chi connectivity index (χ0v) is 13.8. The average Bonchev–Trinajstić information content (AvgIpc) is 2.54. The first-order chi connectivity index (χ1) is 11.9. The number of ether oxygens (including phenoxy) is 2. The van der Waals surface area contributed by atoms with Gasteiger partial charge in [0.05, 0.1) is 19.5 Å². The molecule has 154 valence electrons. The summed E-state index contributed by atoms with van der Waals surface area (Å²) in [5.41, 5.74) is 0. The normalized spacial score (nSPS) is 11.2. The molecule has 0 aliphatic heterocycles. The van der Waals surface area contributed by atoms with Gasteiger partial charge in [0, 0.05) is 6.08 Å². The zero-order valence-electron chi connectivity index (χ0n) is 13.8. The summed E-state index contributed by atoms with van der Waals surface area (Å²) in [4.78, 5) is 10.6. The molecule has 0 rings (SSSR count). The van der Waals surface area contributed by atoms with Crippen LogP contribution in [0.2, 0.25) is 0 Å². The van der Waals surface area contributed by atoms with E-state index in [1.54, 1.807) is 0 Å². The first-order valence-electron chi connectivity index (χ1n) is 6.88. The van der Waals surface area contributed by atoms with Gasteiger partial charge in [0.1, 0.15) is 0 Å². The molecule has 0 radical (unpaired) electrons. The molecule has 0 aliphatic rings. The molecule has 4 nitrogen and oxygen atoms in total. The number of carbonyl (C=O) groups is 1. The van der Waals surface area contributed by atoms with Crippen molar-refractivity contribution in [2.24, 2.45) is 0 Å². The van der Waals surface area contributed by atoms with Crippen LogP contribution in [0.15, 0.2) is 38.7 Å². The van der Waals surface area contributed by atoms with Crippen molar-refractivity contribution in [3.8, 4) is 0 Å². The third-order valence-electron chi connectivity index (χ3n) is 2.23. The van der Waals surface area contributed by atoms with Crippen LogP contribution in [-0.2, 0) is 14.3 Å². The lowest BCUT2D eigenvalue weighted by atomic mass is 10.2. The molecule has 0 aromatic carbocycles. The lowest BCUT2D eigenvalue weighted by Crippen LogP contribution is -2.55. The van der Waals surface area contributed by atoms with Gasteiger partial charge in [-0.1, -0.05) is 13.2 Å². The topological polar surface area (TPSA) is 55.8 Å². The summed E-state index contributed by atoms with van der Waals surface area (Å²) in [6.45, 7) is 10.9. The summed E-state index contributed by atoms with van der Waals surface area (Å²) in [6.07, 6.45) is -10.8. The van der Waals surface area contributed by atoms with Gasteiger partial charge in [-0.25, -0.2) is 4.79 Å². The molecule has 0 spiro atoms. The van der Waals surface area contributed by atoms with E-state index in [-0.39, 0.29) is 25.9 Å². The molecule has 0 heterocycles. The number of aliphatic hydroxyl groups excluding tert-OH is 1. The zero-order chi connectivity index (χ0) is 21.4. The first kappa shape index (κ1) is 28.8. The molecule has 0 aliphatic carbocycles. The fraction of sp³-hybridized carbons (Fsp3) is 0.533. The number of hydrogen-bond acceptors (Lipinski definition) is 4. The fourth-order valence-electron chi connectivity index (χ4n) is 1.15. The van der Waals surface area contributed by atoms with Gasteiger partial charge in [0.15, 0.2) is 0 Å². The third-order valence-corrected chi connectivity index (χ3v) is 2.23.